The highest BCUT2D eigenvalue weighted by Gasteiger charge is 1.85. The Balaban J connectivity index is 2.60. The second-order valence-corrected chi connectivity index (χ2v) is 1.68. The summed E-state index contributed by atoms with van der Waals surface area (Å²) >= 11 is 0. The summed E-state index contributed by atoms with van der Waals surface area (Å²) in [6.45, 7) is 2.08. The molecule has 0 radical (unpaired) electrons. The van der Waals surface area contributed by atoms with Crippen molar-refractivity contribution in [1.82, 2.24) is 0 Å². The summed E-state index contributed by atoms with van der Waals surface area (Å²) in [7, 11) is 1.63. The minimum absolute atomic E-state index is 0.201. The van der Waals surface area contributed by atoms with Crippen molar-refractivity contribution in [1.29, 1.82) is 0 Å². The molecule has 0 spiro atoms. The molecule has 0 aliphatic carbocycles. The molecular weight excluding hydrogens is 120 g/mol. The van der Waals surface area contributed by atoms with E-state index in [1.54, 1.807) is 7.11 Å². The van der Waals surface area contributed by atoms with Gasteiger partial charge in [-0.15, -0.1) is 0 Å². The van der Waals surface area contributed by atoms with E-state index in [0.29, 0.717) is 26.2 Å². The lowest BCUT2D eigenvalue weighted by atomic mass is 10.5. The fourth-order valence-corrected chi connectivity index (χ4v) is 0.411. The van der Waals surface area contributed by atoms with Crippen molar-refractivity contribution >= 4 is 0 Å². The average Bonchev–Trinajstić information content (AvgIpc) is 1.89. The number of aliphatic hydroxyl groups is 1. The lowest BCUT2D eigenvalue weighted by Gasteiger charge is -1.99. The second-order valence-electron chi connectivity index (χ2n) is 1.68. The maximum absolute atomic E-state index is 8.31. The van der Waals surface area contributed by atoms with Gasteiger partial charge in [-0.1, -0.05) is 0 Å². The Morgan fingerprint density at radius 2 is 2.00 bits per heavy atom. The highest BCUT2D eigenvalue weighted by molar-refractivity contribution is 4.31. The van der Waals surface area contributed by atoms with E-state index in [-0.39, 0.29) is 6.61 Å². The average molecular weight is 134 g/mol. The summed E-state index contributed by atoms with van der Waals surface area (Å²) in [5, 5.41) is 8.31. The first-order valence-electron chi connectivity index (χ1n) is 3.09. The molecular formula is C6H14O3. The Hall–Kier alpha value is -0.120. The first kappa shape index (κ1) is 8.88. The van der Waals surface area contributed by atoms with Crippen LogP contribution < -0.4 is 0 Å². The zero-order chi connectivity index (χ0) is 6.95. The number of ether oxygens (including phenoxy) is 2. The van der Waals surface area contributed by atoms with Crippen molar-refractivity contribution in [3.05, 3.63) is 0 Å². The van der Waals surface area contributed by atoms with Gasteiger partial charge in [-0.3, -0.25) is 0 Å². The quantitative estimate of drug-likeness (QED) is 0.521. The number of aliphatic hydroxyl groups excluding tert-OH is 1. The number of hydrogen-bond acceptors (Lipinski definition) is 3. The molecule has 0 aliphatic heterocycles. The molecule has 0 rings (SSSR count). The molecule has 0 atom stereocenters. The van der Waals surface area contributed by atoms with Gasteiger partial charge in [0.2, 0.25) is 0 Å². The SMILES string of the molecule is COCCOCCCO. The molecule has 0 fully saturated rings. The van der Waals surface area contributed by atoms with Crippen LogP contribution in [-0.4, -0.2) is 38.6 Å². The van der Waals surface area contributed by atoms with Gasteiger partial charge < -0.3 is 14.6 Å². The molecule has 0 heterocycles. The van der Waals surface area contributed by atoms with Gasteiger partial charge in [-0.2, -0.15) is 0 Å². The van der Waals surface area contributed by atoms with E-state index in [2.05, 4.69) is 0 Å². The Bertz CT molecular complexity index is 41.6. The molecule has 0 saturated carbocycles. The Morgan fingerprint density at radius 1 is 1.22 bits per heavy atom. The minimum atomic E-state index is 0.201. The fourth-order valence-electron chi connectivity index (χ4n) is 0.411. The lowest BCUT2D eigenvalue weighted by Crippen LogP contribution is -2.03. The van der Waals surface area contributed by atoms with E-state index in [1.807, 2.05) is 0 Å². The van der Waals surface area contributed by atoms with Gasteiger partial charge in [-0.05, 0) is 6.42 Å². The second kappa shape index (κ2) is 7.88. The molecule has 9 heavy (non-hydrogen) atoms. The third-order valence-electron chi connectivity index (χ3n) is 0.879. The van der Waals surface area contributed by atoms with E-state index in [0.717, 1.165) is 0 Å². The summed E-state index contributed by atoms with van der Waals surface area (Å²) in [5.74, 6) is 0. The number of hydrogen-bond donors (Lipinski definition) is 1. The van der Waals surface area contributed by atoms with Crippen molar-refractivity contribution in [2.45, 2.75) is 6.42 Å². The molecule has 0 amide bonds. The van der Waals surface area contributed by atoms with Crippen LogP contribution in [0.2, 0.25) is 0 Å². The van der Waals surface area contributed by atoms with Crippen molar-refractivity contribution in [2.75, 3.05) is 33.5 Å². The van der Waals surface area contributed by atoms with Crippen LogP contribution in [0.1, 0.15) is 6.42 Å². The van der Waals surface area contributed by atoms with Crippen LogP contribution in [-0.2, 0) is 9.47 Å². The number of rotatable bonds is 6. The first-order chi connectivity index (χ1) is 4.41. The molecule has 1 N–H and O–H groups in total. The van der Waals surface area contributed by atoms with Crippen molar-refractivity contribution < 1.29 is 14.6 Å². The van der Waals surface area contributed by atoms with Gasteiger partial charge in [0.15, 0.2) is 0 Å². The van der Waals surface area contributed by atoms with Gasteiger partial charge in [0.05, 0.1) is 13.2 Å². The van der Waals surface area contributed by atoms with E-state index >= 15 is 0 Å². The van der Waals surface area contributed by atoms with Crippen molar-refractivity contribution in [3.8, 4) is 0 Å². The predicted molar refractivity (Wildman–Crippen MR) is 34.4 cm³/mol. The summed E-state index contributed by atoms with van der Waals surface area (Å²) in [5.41, 5.74) is 0. The predicted octanol–water partition coefficient (Wildman–Crippen LogP) is 0.0318. The highest BCUT2D eigenvalue weighted by atomic mass is 16.5. The molecule has 0 saturated heterocycles. The van der Waals surface area contributed by atoms with Crippen molar-refractivity contribution in [3.63, 3.8) is 0 Å². The highest BCUT2D eigenvalue weighted by Crippen LogP contribution is 1.79. The molecule has 0 unspecified atom stereocenters. The standard InChI is InChI=1S/C6H14O3/c1-8-5-6-9-4-2-3-7/h7H,2-6H2,1H3. The summed E-state index contributed by atoms with van der Waals surface area (Å²) < 4.78 is 9.76. The normalized spacial score (nSPS) is 10.0. The van der Waals surface area contributed by atoms with Gasteiger partial charge in [0, 0.05) is 20.3 Å². The number of methoxy groups -OCH3 is 1. The lowest BCUT2D eigenvalue weighted by molar-refractivity contribution is 0.0630. The maximum Gasteiger partial charge on any atom is 0.0700 e. The van der Waals surface area contributed by atoms with Crippen LogP contribution in [0.25, 0.3) is 0 Å². The van der Waals surface area contributed by atoms with Gasteiger partial charge in [0.1, 0.15) is 0 Å². The molecule has 0 bridgehead atoms. The summed E-state index contributed by atoms with van der Waals surface area (Å²) in [6.07, 6.45) is 0.712. The zero-order valence-electron chi connectivity index (χ0n) is 5.80. The summed E-state index contributed by atoms with van der Waals surface area (Å²) in [6, 6.07) is 0. The topological polar surface area (TPSA) is 38.7 Å². The zero-order valence-corrected chi connectivity index (χ0v) is 5.80. The van der Waals surface area contributed by atoms with Gasteiger partial charge in [-0.25, -0.2) is 0 Å². The molecule has 3 nitrogen and oxygen atoms in total. The Labute approximate surface area is 55.6 Å². The third-order valence-corrected chi connectivity index (χ3v) is 0.879. The minimum Gasteiger partial charge on any atom is -0.396 e. The monoisotopic (exact) mass is 134 g/mol. The maximum atomic E-state index is 8.31. The van der Waals surface area contributed by atoms with Crippen LogP contribution in [0.5, 0.6) is 0 Å². The molecule has 0 aliphatic rings. The smallest absolute Gasteiger partial charge is 0.0700 e. The van der Waals surface area contributed by atoms with Crippen LogP contribution in [0.4, 0.5) is 0 Å². The van der Waals surface area contributed by atoms with Gasteiger partial charge in [0.25, 0.3) is 0 Å². The Morgan fingerprint density at radius 3 is 2.56 bits per heavy atom. The molecule has 56 valence electrons. The fraction of sp³-hybridized carbons (Fsp3) is 1.00. The summed E-state index contributed by atoms with van der Waals surface area (Å²) in [4.78, 5) is 0. The first-order valence-corrected chi connectivity index (χ1v) is 3.09. The van der Waals surface area contributed by atoms with Crippen LogP contribution in [0.3, 0.4) is 0 Å². The molecule has 3 heteroatoms. The van der Waals surface area contributed by atoms with E-state index in [1.165, 1.54) is 0 Å². The molecule has 0 aromatic rings. The molecule has 0 aromatic carbocycles. The van der Waals surface area contributed by atoms with E-state index < -0.39 is 0 Å². The Kier molecular flexibility index (Phi) is 7.77. The van der Waals surface area contributed by atoms with E-state index in [9.17, 15) is 0 Å². The largest absolute Gasteiger partial charge is 0.396 e. The van der Waals surface area contributed by atoms with Gasteiger partial charge >= 0.3 is 0 Å². The van der Waals surface area contributed by atoms with Crippen molar-refractivity contribution in [2.24, 2.45) is 0 Å². The molecule has 0 aromatic heterocycles. The van der Waals surface area contributed by atoms with Crippen LogP contribution >= 0.6 is 0 Å². The van der Waals surface area contributed by atoms with Crippen LogP contribution in [0.15, 0.2) is 0 Å². The van der Waals surface area contributed by atoms with E-state index in [4.69, 9.17) is 14.6 Å². The van der Waals surface area contributed by atoms with Crippen LogP contribution in [0, 0.1) is 0 Å². The third kappa shape index (κ3) is 7.88.